The van der Waals surface area contributed by atoms with Gasteiger partial charge in [0.2, 0.25) is 0 Å². The zero-order valence-electron chi connectivity index (χ0n) is 11.2. The van der Waals surface area contributed by atoms with Crippen LogP contribution >= 0.6 is 0 Å². The first kappa shape index (κ1) is 12.4. The van der Waals surface area contributed by atoms with Crippen molar-refractivity contribution in [1.29, 1.82) is 0 Å². The molecule has 2 aromatic rings. The molecule has 20 heavy (non-hydrogen) atoms. The van der Waals surface area contributed by atoms with Gasteiger partial charge in [-0.05, 0) is 25.1 Å². The van der Waals surface area contributed by atoms with E-state index in [9.17, 15) is 4.79 Å². The Bertz CT molecular complexity index is 672. The van der Waals surface area contributed by atoms with Crippen LogP contribution in [0.2, 0.25) is 0 Å². The molecule has 0 radical (unpaired) electrons. The van der Waals surface area contributed by atoms with Gasteiger partial charge in [-0.1, -0.05) is 0 Å². The Hall–Kier alpha value is -2.63. The molecule has 1 aliphatic heterocycles. The third-order valence-corrected chi connectivity index (χ3v) is 3.13. The molecule has 0 fully saturated rings. The van der Waals surface area contributed by atoms with Gasteiger partial charge in [0, 0.05) is 18.7 Å². The minimum atomic E-state index is -0.469. The third kappa shape index (κ3) is 2.16. The summed E-state index contributed by atoms with van der Waals surface area (Å²) in [6.45, 7) is 1.72. The molecule has 1 atom stereocenters. The Morgan fingerprint density at radius 3 is 2.95 bits per heavy atom. The molecule has 0 saturated heterocycles. The summed E-state index contributed by atoms with van der Waals surface area (Å²) in [6.07, 6.45) is 1.03. The summed E-state index contributed by atoms with van der Waals surface area (Å²) in [6, 6.07) is 7.43. The van der Waals surface area contributed by atoms with Gasteiger partial charge in [-0.15, -0.1) is 0 Å². The van der Waals surface area contributed by atoms with Crippen molar-refractivity contribution in [2.45, 2.75) is 13.0 Å². The van der Waals surface area contributed by atoms with E-state index >= 15 is 0 Å². The third-order valence-electron chi connectivity index (χ3n) is 3.13. The molecule has 0 bridgehead atoms. The highest BCUT2D eigenvalue weighted by Crippen LogP contribution is 2.33. The van der Waals surface area contributed by atoms with Crippen LogP contribution in [0.5, 0.6) is 5.75 Å². The van der Waals surface area contributed by atoms with Gasteiger partial charge < -0.3 is 15.4 Å². The van der Waals surface area contributed by atoms with Crippen molar-refractivity contribution < 1.29 is 9.53 Å². The van der Waals surface area contributed by atoms with Crippen LogP contribution in [-0.4, -0.2) is 29.0 Å². The second-order valence-electron chi connectivity index (χ2n) is 4.50. The predicted molar refractivity (Wildman–Crippen MR) is 75.7 cm³/mol. The quantitative estimate of drug-likeness (QED) is 0.871. The number of hydrogen-bond donors (Lipinski definition) is 2. The Kier molecular flexibility index (Phi) is 2.98. The highest BCUT2D eigenvalue weighted by Gasteiger charge is 2.23. The standard InChI is InChI=1S/C14H14N4O2/c1-8-14(19)18-11-5-9(3-4-12(11)20-8)10-6-13(15-2)17-7-16-10/h3-8H,1-2H3,(H,18,19)(H,15,16,17). The number of carbonyl (C=O) groups excluding carboxylic acids is 1. The van der Waals surface area contributed by atoms with Crippen LogP contribution in [0, 0.1) is 0 Å². The first-order chi connectivity index (χ1) is 9.67. The summed E-state index contributed by atoms with van der Waals surface area (Å²) in [5.41, 5.74) is 2.33. The number of benzene rings is 1. The van der Waals surface area contributed by atoms with Gasteiger partial charge in [0.05, 0.1) is 11.4 Å². The molecule has 1 aromatic heterocycles. The monoisotopic (exact) mass is 270 g/mol. The van der Waals surface area contributed by atoms with E-state index in [1.807, 2.05) is 24.3 Å². The Morgan fingerprint density at radius 2 is 2.15 bits per heavy atom. The number of rotatable bonds is 2. The van der Waals surface area contributed by atoms with Crippen LogP contribution in [0.1, 0.15) is 6.92 Å². The number of amides is 1. The molecule has 3 rings (SSSR count). The van der Waals surface area contributed by atoms with Crippen molar-refractivity contribution in [3.63, 3.8) is 0 Å². The number of hydrogen-bond acceptors (Lipinski definition) is 5. The van der Waals surface area contributed by atoms with Gasteiger partial charge in [-0.2, -0.15) is 0 Å². The minimum Gasteiger partial charge on any atom is -0.479 e. The number of nitrogens with zero attached hydrogens (tertiary/aromatic N) is 2. The van der Waals surface area contributed by atoms with Crippen molar-refractivity contribution in [2.24, 2.45) is 0 Å². The molecule has 1 amide bonds. The summed E-state index contributed by atoms with van der Waals surface area (Å²) in [4.78, 5) is 19.9. The zero-order chi connectivity index (χ0) is 14.1. The molecule has 1 unspecified atom stereocenters. The van der Waals surface area contributed by atoms with E-state index in [1.54, 1.807) is 14.0 Å². The number of anilines is 2. The summed E-state index contributed by atoms with van der Waals surface area (Å²) in [5, 5.41) is 5.79. The first-order valence-corrected chi connectivity index (χ1v) is 6.29. The molecule has 0 saturated carbocycles. The predicted octanol–water partition coefficient (Wildman–Crippen LogP) is 1.90. The lowest BCUT2D eigenvalue weighted by Crippen LogP contribution is -2.34. The van der Waals surface area contributed by atoms with Crippen LogP contribution in [0.25, 0.3) is 11.3 Å². The summed E-state index contributed by atoms with van der Waals surface area (Å²) < 4.78 is 5.52. The number of ether oxygens (including phenoxy) is 1. The van der Waals surface area contributed by atoms with Gasteiger partial charge in [0.1, 0.15) is 17.9 Å². The van der Waals surface area contributed by atoms with Crippen molar-refractivity contribution in [1.82, 2.24) is 9.97 Å². The molecular formula is C14H14N4O2. The normalized spacial score (nSPS) is 16.9. The van der Waals surface area contributed by atoms with Gasteiger partial charge in [0.25, 0.3) is 5.91 Å². The molecule has 0 spiro atoms. The highest BCUT2D eigenvalue weighted by atomic mass is 16.5. The molecule has 0 aliphatic carbocycles. The molecule has 102 valence electrons. The van der Waals surface area contributed by atoms with Crippen molar-refractivity contribution in [3.8, 4) is 17.0 Å². The van der Waals surface area contributed by atoms with Crippen LogP contribution in [0.15, 0.2) is 30.6 Å². The Morgan fingerprint density at radius 1 is 1.30 bits per heavy atom. The summed E-state index contributed by atoms with van der Waals surface area (Å²) >= 11 is 0. The lowest BCUT2D eigenvalue weighted by Gasteiger charge is -2.23. The van der Waals surface area contributed by atoms with E-state index in [2.05, 4.69) is 20.6 Å². The molecule has 1 aliphatic rings. The average molecular weight is 270 g/mol. The van der Waals surface area contributed by atoms with E-state index in [-0.39, 0.29) is 5.91 Å². The Labute approximate surface area is 116 Å². The maximum Gasteiger partial charge on any atom is 0.265 e. The van der Waals surface area contributed by atoms with Gasteiger partial charge in [-0.3, -0.25) is 4.79 Å². The topological polar surface area (TPSA) is 76.1 Å². The van der Waals surface area contributed by atoms with Crippen LogP contribution in [0.4, 0.5) is 11.5 Å². The van der Waals surface area contributed by atoms with Crippen LogP contribution in [-0.2, 0) is 4.79 Å². The zero-order valence-corrected chi connectivity index (χ0v) is 11.2. The highest BCUT2D eigenvalue weighted by molar-refractivity contribution is 5.98. The van der Waals surface area contributed by atoms with Crippen LogP contribution in [0.3, 0.4) is 0 Å². The molecule has 2 N–H and O–H groups in total. The lowest BCUT2D eigenvalue weighted by atomic mass is 10.1. The van der Waals surface area contributed by atoms with Gasteiger partial charge in [-0.25, -0.2) is 9.97 Å². The molecule has 6 heteroatoms. The van der Waals surface area contributed by atoms with E-state index in [1.165, 1.54) is 6.33 Å². The average Bonchev–Trinajstić information content (AvgIpc) is 2.48. The lowest BCUT2D eigenvalue weighted by molar-refractivity contribution is -0.122. The second kappa shape index (κ2) is 4.80. The largest absolute Gasteiger partial charge is 0.479 e. The van der Waals surface area contributed by atoms with Gasteiger partial charge in [0.15, 0.2) is 6.10 Å². The number of aromatic nitrogens is 2. The minimum absolute atomic E-state index is 0.145. The van der Waals surface area contributed by atoms with Crippen molar-refractivity contribution >= 4 is 17.4 Å². The maximum absolute atomic E-state index is 11.6. The Balaban J connectivity index is 2.00. The maximum atomic E-state index is 11.6. The smallest absolute Gasteiger partial charge is 0.265 e. The molecule has 6 nitrogen and oxygen atoms in total. The van der Waals surface area contributed by atoms with E-state index in [0.717, 1.165) is 17.1 Å². The fourth-order valence-corrected chi connectivity index (χ4v) is 2.02. The van der Waals surface area contributed by atoms with E-state index in [0.29, 0.717) is 11.4 Å². The van der Waals surface area contributed by atoms with E-state index < -0.39 is 6.10 Å². The first-order valence-electron chi connectivity index (χ1n) is 6.29. The SMILES string of the molecule is CNc1cc(-c2ccc3c(c2)NC(=O)C(C)O3)ncn1. The molecule has 2 heterocycles. The number of fused-ring (bicyclic) bond motifs is 1. The van der Waals surface area contributed by atoms with Crippen LogP contribution < -0.4 is 15.4 Å². The second-order valence-corrected chi connectivity index (χ2v) is 4.50. The fourth-order valence-electron chi connectivity index (χ4n) is 2.02. The van der Waals surface area contributed by atoms with Gasteiger partial charge >= 0.3 is 0 Å². The fraction of sp³-hybridized carbons (Fsp3) is 0.214. The van der Waals surface area contributed by atoms with E-state index in [4.69, 9.17) is 4.74 Å². The van der Waals surface area contributed by atoms with Crippen molar-refractivity contribution in [2.75, 3.05) is 17.7 Å². The summed E-state index contributed by atoms with van der Waals surface area (Å²) in [5.74, 6) is 1.26. The molecule has 1 aromatic carbocycles. The number of nitrogens with one attached hydrogen (secondary N) is 2. The molecular weight excluding hydrogens is 256 g/mol. The summed E-state index contributed by atoms with van der Waals surface area (Å²) in [7, 11) is 1.80. The number of carbonyl (C=O) groups is 1. The van der Waals surface area contributed by atoms with Crippen molar-refractivity contribution in [3.05, 3.63) is 30.6 Å².